The molecule has 0 amide bonds. The first kappa shape index (κ1) is 11.7. The number of H-pyrrole nitrogens is 1. The molecule has 0 unspecified atom stereocenters. The van der Waals surface area contributed by atoms with E-state index in [-0.39, 0.29) is 5.69 Å². The molecule has 0 spiro atoms. The Bertz CT molecular complexity index is 742. The topological polar surface area (TPSA) is 85.9 Å². The van der Waals surface area contributed by atoms with E-state index in [4.69, 9.17) is 9.15 Å². The molecule has 0 aliphatic carbocycles. The second-order valence-corrected chi connectivity index (χ2v) is 3.98. The van der Waals surface area contributed by atoms with Crippen LogP contribution in [0, 0.1) is 0 Å². The van der Waals surface area contributed by atoms with Crippen LogP contribution in [0.4, 0.5) is 0 Å². The maximum atomic E-state index is 11.8. The number of imidazole rings is 1. The van der Waals surface area contributed by atoms with Gasteiger partial charge in [-0.25, -0.2) is 14.8 Å². The van der Waals surface area contributed by atoms with E-state index in [2.05, 4.69) is 15.0 Å². The summed E-state index contributed by atoms with van der Waals surface area (Å²) in [7, 11) is 1.58. The quantitative estimate of drug-likeness (QED) is 0.757. The average molecular weight is 260 g/mol. The van der Waals surface area contributed by atoms with Crippen LogP contribution in [-0.4, -0.2) is 33.2 Å². The predicted octanol–water partition coefficient (Wildman–Crippen LogP) is 1.03. The van der Waals surface area contributed by atoms with Gasteiger partial charge in [-0.1, -0.05) is 0 Å². The van der Waals surface area contributed by atoms with Crippen LogP contribution >= 0.6 is 0 Å². The molecule has 3 aromatic heterocycles. The molecule has 0 fully saturated rings. The number of hydrogen-bond acceptors (Lipinski definition) is 5. The lowest BCUT2D eigenvalue weighted by atomic mass is 10.3. The van der Waals surface area contributed by atoms with Crippen molar-refractivity contribution >= 4 is 11.3 Å². The van der Waals surface area contributed by atoms with Gasteiger partial charge in [0.15, 0.2) is 17.1 Å². The fraction of sp³-hybridized carbons (Fsp3) is 0.250. The van der Waals surface area contributed by atoms with Gasteiger partial charge in [-0.15, -0.1) is 0 Å². The third kappa shape index (κ3) is 2.04. The van der Waals surface area contributed by atoms with E-state index < -0.39 is 0 Å². The second-order valence-electron chi connectivity index (χ2n) is 3.98. The monoisotopic (exact) mass is 260 g/mol. The minimum absolute atomic E-state index is 0.247. The second kappa shape index (κ2) is 4.69. The number of nitrogens with zero attached hydrogens (tertiary/aromatic N) is 3. The molecule has 98 valence electrons. The molecule has 0 atom stereocenters. The molecule has 3 heterocycles. The first-order valence-electron chi connectivity index (χ1n) is 5.78. The summed E-state index contributed by atoms with van der Waals surface area (Å²) in [6.07, 6.45) is 3.13. The van der Waals surface area contributed by atoms with E-state index in [1.54, 1.807) is 31.7 Å². The van der Waals surface area contributed by atoms with Gasteiger partial charge in [-0.3, -0.25) is 9.55 Å². The van der Waals surface area contributed by atoms with Gasteiger partial charge in [0.1, 0.15) is 5.69 Å². The molecular formula is C12H12N4O3. The molecule has 0 saturated carbocycles. The first-order chi connectivity index (χ1) is 9.29. The van der Waals surface area contributed by atoms with Crippen molar-refractivity contribution in [2.45, 2.75) is 6.54 Å². The molecule has 0 aliphatic heterocycles. The molecule has 0 bridgehead atoms. The van der Waals surface area contributed by atoms with Gasteiger partial charge in [0, 0.05) is 7.11 Å². The summed E-state index contributed by atoms with van der Waals surface area (Å²) in [6.45, 7) is 0.852. The summed E-state index contributed by atoms with van der Waals surface area (Å²) in [5, 5.41) is 0. The van der Waals surface area contributed by atoms with E-state index in [0.717, 1.165) is 0 Å². The van der Waals surface area contributed by atoms with Gasteiger partial charge in [-0.05, 0) is 12.1 Å². The minimum atomic E-state index is -0.247. The Morgan fingerprint density at radius 1 is 1.53 bits per heavy atom. The van der Waals surface area contributed by atoms with Crippen LogP contribution in [-0.2, 0) is 11.3 Å². The summed E-state index contributed by atoms with van der Waals surface area (Å²) in [5.74, 6) is 0.612. The molecule has 19 heavy (non-hydrogen) atoms. The largest absolute Gasteiger partial charge is 0.463 e. The lowest BCUT2D eigenvalue weighted by molar-refractivity contribution is 0.187. The third-order valence-electron chi connectivity index (χ3n) is 2.77. The zero-order valence-electron chi connectivity index (χ0n) is 10.3. The fourth-order valence-corrected chi connectivity index (χ4v) is 1.85. The van der Waals surface area contributed by atoms with Crippen molar-refractivity contribution in [3.63, 3.8) is 0 Å². The Hall–Kier alpha value is -2.41. The number of furan rings is 1. The highest BCUT2D eigenvalue weighted by atomic mass is 16.5. The molecular weight excluding hydrogens is 248 g/mol. The van der Waals surface area contributed by atoms with Gasteiger partial charge in [-0.2, -0.15) is 0 Å². The lowest BCUT2D eigenvalue weighted by Gasteiger charge is -2.02. The lowest BCUT2D eigenvalue weighted by Crippen LogP contribution is -2.19. The van der Waals surface area contributed by atoms with Crippen molar-refractivity contribution in [3.8, 4) is 11.5 Å². The van der Waals surface area contributed by atoms with E-state index >= 15 is 0 Å². The van der Waals surface area contributed by atoms with Gasteiger partial charge in [0.2, 0.25) is 0 Å². The van der Waals surface area contributed by atoms with Crippen LogP contribution in [0.3, 0.4) is 0 Å². The van der Waals surface area contributed by atoms with Crippen molar-refractivity contribution in [3.05, 3.63) is 35.1 Å². The highest BCUT2D eigenvalue weighted by molar-refractivity contribution is 5.69. The zero-order chi connectivity index (χ0) is 13.2. The van der Waals surface area contributed by atoms with Gasteiger partial charge in [0.05, 0.1) is 25.6 Å². The van der Waals surface area contributed by atoms with Gasteiger partial charge >= 0.3 is 5.69 Å². The average Bonchev–Trinajstić information content (AvgIpc) is 3.03. The number of aromatic amines is 1. The van der Waals surface area contributed by atoms with Crippen molar-refractivity contribution in [2.75, 3.05) is 13.7 Å². The van der Waals surface area contributed by atoms with Crippen molar-refractivity contribution < 1.29 is 9.15 Å². The molecule has 3 rings (SSSR count). The highest BCUT2D eigenvalue weighted by Gasteiger charge is 2.11. The van der Waals surface area contributed by atoms with E-state index in [1.807, 2.05) is 0 Å². The molecule has 3 aromatic rings. The standard InChI is InChI=1S/C12H12N4O3/c1-18-6-4-16-11-10(15-12(16)17)13-7-8(14-11)9-3-2-5-19-9/h2-3,5,7H,4,6H2,1H3,(H,13,15,17). The van der Waals surface area contributed by atoms with E-state index in [0.29, 0.717) is 35.9 Å². The van der Waals surface area contributed by atoms with Crippen LogP contribution in [0.5, 0.6) is 0 Å². The molecule has 0 radical (unpaired) electrons. The van der Waals surface area contributed by atoms with Crippen LogP contribution in [0.1, 0.15) is 0 Å². The number of aromatic nitrogens is 4. The van der Waals surface area contributed by atoms with E-state index in [9.17, 15) is 4.79 Å². The van der Waals surface area contributed by atoms with Gasteiger partial charge < -0.3 is 9.15 Å². The summed E-state index contributed by atoms with van der Waals surface area (Å²) in [6, 6.07) is 3.57. The van der Waals surface area contributed by atoms with Crippen LogP contribution in [0.2, 0.25) is 0 Å². The Kier molecular flexibility index (Phi) is 2.88. The molecule has 0 aromatic carbocycles. The minimum Gasteiger partial charge on any atom is -0.463 e. The summed E-state index contributed by atoms with van der Waals surface area (Å²) in [5.41, 5.74) is 1.29. The van der Waals surface area contributed by atoms with Crippen LogP contribution in [0.25, 0.3) is 22.7 Å². The maximum absolute atomic E-state index is 11.8. The Labute approximate surface area is 107 Å². The predicted molar refractivity (Wildman–Crippen MR) is 67.7 cm³/mol. The molecule has 1 N–H and O–H groups in total. The highest BCUT2D eigenvalue weighted by Crippen LogP contribution is 2.18. The van der Waals surface area contributed by atoms with Gasteiger partial charge in [0.25, 0.3) is 0 Å². The summed E-state index contributed by atoms with van der Waals surface area (Å²) < 4.78 is 11.8. The number of nitrogens with one attached hydrogen (secondary N) is 1. The van der Waals surface area contributed by atoms with Crippen molar-refractivity contribution in [2.24, 2.45) is 0 Å². The number of hydrogen-bond donors (Lipinski definition) is 1. The maximum Gasteiger partial charge on any atom is 0.328 e. The van der Waals surface area contributed by atoms with Crippen molar-refractivity contribution in [1.29, 1.82) is 0 Å². The molecule has 0 saturated heterocycles. The Morgan fingerprint density at radius 2 is 2.42 bits per heavy atom. The Morgan fingerprint density at radius 3 is 3.16 bits per heavy atom. The zero-order valence-corrected chi connectivity index (χ0v) is 10.3. The molecule has 7 heteroatoms. The summed E-state index contributed by atoms with van der Waals surface area (Å²) >= 11 is 0. The van der Waals surface area contributed by atoms with E-state index in [1.165, 1.54) is 4.57 Å². The van der Waals surface area contributed by atoms with Crippen molar-refractivity contribution in [1.82, 2.24) is 19.5 Å². The number of methoxy groups -OCH3 is 1. The SMILES string of the molecule is COCCn1c(=O)[nH]c2ncc(-c3ccco3)nc21. The first-order valence-corrected chi connectivity index (χ1v) is 5.78. The smallest absolute Gasteiger partial charge is 0.328 e. The third-order valence-corrected chi connectivity index (χ3v) is 2.77. The van der Waals surface area contributed by atoms with Crippen LogP contribution < -0.4 is 5.69 Å². The summed E-state index contributed by atoms with van der Waals surface area (Å²) in [4.78, 5) is 23.0. The molecule has 0 aliphatic rings. The number of rotatable bonds is 4. The Balaban J connectivity index is 2.13. The normalized spacial score (nSPS) is 11.2. The number of fused-ring (bicyclic) bond motifs is 1. The molecule has 7 nitrogen and oxygen atoms in total. The number of ether oxygens (including phenoxy) is 1. The van der Waals surface area contributed by atoms with Crippen LogP contribution in [0.15, 0.2) is 33.8 Å². The fourth-order valence-electron chi connectivity index (χ4n) is 1.85.